The van der Waals surface area contributed by atoms with Gasteiger partial charge in [0.05, 0.1) is 11.5 Å². The van der Waals surface area contributed by atoms with E-state index in [1.807, 2.05) is 0 Å². The van der Waals surface area contributed by atoms with Crippen LogP contribution in [0.1, 0.15) is 12.1 Å². The monoisotopic (exact) mass is 286 g/mol. The highest BCUT2D eigenvalue weighted by Gasteiger charge is 2.31. The lowest BCUT2D eigenvalue weighted by Crippen LogP contribution is -2.34. The van der Waals surface area contributed by atoms with Crippen molar-refractivity contribution in [3.05, 3.63) is 18.0 Å². The Morgan fingerprint density at radius 2 is 2.33 bits per heavy atom. The van der Waals surface area contributed by atoms with Gasteiger partial charge in [-0.3, -0.25) is 0 Å². The van der Waals surface area contributed by atoms with Crippen LogP contribution in [-0.2, 0) is 9.84 Å². The average Bonchev–Trinajstić information content (AvgIpc) is 2.69. The molecule has 0 aromatic carbocycles. The summed E-state index contributed by atoms with van der Waals surface area (Å²) in [7, 11) is -1.14. The van der Waals surface area contributed by atoms with E-state index in [9.17, 15) is 8.42 Å². The number of rotatable bonds is 3. The van der Waals surface area contributed by atoms with Gasteiger partial charge in [-0.15, -0.1) is 0 Å². The van der Waals surface area contributed by atoms with Gasteiger partial charge in [-0.1, -0.05) is 12.2 Å². The van der Waals surface area contributed by atoms with Crippen molar-refractivity contribution in [2.24, 2.45) is 5.73 Å². The third kappa shape index (κ3) is 2.75. The number of nitrogens with two attached hydrogens (primary N) is 1. The fourth-order valence-corrected chi connectivity index (χ4v) is 3.79. The molecule has 1 saturated heterocycles. The van der Waals surface area contributed by atoms with Crippen molar-refractivity contribution in [2.75, 3.05) is 23.5 Å². The first kappa shape index (κ1) is 13.2. The molecule has 0 bridgehead atoms. The van der Waals surface area contributed by atoms with Crippen molar-refractivity contribution < 1.29 is 8.42 Å². The topological polar surface area (TPSA) is 89.2 Å². The minimum atomic E-state index is -2.92. The molecule has 8 heteroatoms. The highest BCUT2D eigenvalue weighted by molar-refractivity contribution is 7.91. The second-order valence-corrected chi connectivity index (χ2v) is 6.94. The zero-order valence-corrected chi connectivity index (χ0v) is 11.5. The maximum absolute atomic E-state index is 11.4. The van der Waals surface area contributed by atoms with Crippen molar-refractivity contribution >= 4 is 33.0 Å². The van der Waals surface area contributed by atoms with Gasteiger partial charge in [0.1, 0.15) is 10.7 Å². The number of aromatic nitrogens is 2. The summed E-state index contributed by atoms with van der Waals surface area (Å²) in [4.78, 5) is 10.3. The maximum atomic E-state index is 11.4. The van der Waals surface area contributed by atoms with Crippen molar-refractivity contribution in [2.45, 2.75) is 12.5 Å². The molecule has 98 valence electrons. The summed E-state index contributed by atoms with van der Waals surface area (Å²) in [6.45, 7) is 0. The van der Waals surface area contributed by atoms with Gasteiger partial charge in [0, 0.05) is 19.3 Å². The van der Waals surface area contributed by atoms with Crippen LogP contribution in [0.15, 0.2) is 12.3 Å². The smallest absolute Gasteiger partial charge is 0.225 e. The molecule has 0 aliphatic carbocycles. The second kappa shape index (κ2) is 4.77. The zero-order chi connectivity index (χ0) is 13.3. The third-order valence-electron chi connectivity index (χ3n) is 2.97. The quantitative estimate of drug-likeness (QED) is 0.765. The molecule has 1 aliphatic heterocycles. The Kier molecular flexibility index (Phi) is 3.49. The lowest BCUT2D eigenvalue weighted by atomic mass is 10.2. The SMILES string of the molecule is CN(c1nccc(C(N)=S)n1)C1CCS(=O)(=O)C1. The molecule has 0 amide bonds. The molecule has 1 aromatic rings. The maximum Gasteiger partial charge on any atom is 0.225 e. The molecule has 1 unspecified atom stereocenters. The van der Waals surface area contributed by atoms with Gasteiger partial charge >= 0.3 is 0 Å². The molecule has 2 heterocycles. The normalized spacial score (nSPS) is 21.7. The molecule has 2 rings (SSSR count). The molecular weight excluding hydrogens is 272 g/mol. The lowest BCUT2D eigenvalue weighted by Gasteiger charge is -2.23. The van der Waals surface area contributed by atoms with Crippen LogP contribution in [0.3, 0.4) is 0 Å². The molecular formula is C10H14N4O2S2. The number of anilines is 1. The molecule has 2 N–H and O–H groups in total. The number of hydrogen-bond acceptors (Lipinski definition) is 6. The number of thiocarbonyl (C=S) groups is 1. The fraction of sp³-hybridized carbons (Fsp3) is 0.500. The van der Waals surface area contributed by atoms with Crippen LogP contribution in [-0.4, -0.2) is 48.0 Å². The van der Waals surface area contributed by atoms with Crippen molar-refractivity contribution in [3.8, 4) is 0 Å². The van der Waals surface area contributed by atoms with Gasteiger partial charge in [0.25, 0.3) is 0 Å². The molecule has 1 aromatic heterocycles. The highest BCUT2D eigenvalue weighted by Crippen LogP contribution is 2.19. The van der Waals surface area contributed by atoms with Gasteiger partial charge in [0.2, 0.25) is 5.95 Å². The van der Waals surface area contributed by atoms with Crippen LogP contribution in [0.2, 0.25) is 0 Å². The summed E-state index contributed by atoms with van der Waals surface area (Å²) in [6, 6.07) is 1.54. The van der Waals surface area contributed by atoms with Gasteiger partial charge < -0.3 is 10.6 Å². The van der Waals surface area contributed by atoms with E-state index in [0.29, 0.717) is 18.1 Å². The van der Waals surface area contributed by atoms with Gasteiger partial charge in [-0.25, -0.2) is 18.4 Å². The first-order chi connectivity index (χ1) is 8.39. The molecule has 1 aliphatic rings. The minimum absolute atomic E-state index is 0.0865. The minimum Gasteiger partial charge on any atom is -0.388 e. The van der Waals surface area contributed by atoms with E-state index in [1.54, 1.807) is 24.2 Å². The van der Waals surface area contributed by atoms with Crippen LogP contribution in [0.25, 0.3) is 0 Å². The molecule has 18 heavy (non-hydrogen) atoms. The van der Waals surface area contributed by atoms with Crippen molar-refractivity contribution in [1.82, 2.24) is 9.97 Å². The fourth-order valence-electron chi connectivity index (χ4n) is 1.90. The van der Waals surface area contributed by atoms with Crippen molar-refractivity contribution in [3.63, 3.8) is 0 Å². The van der Waals surface area contributed by atoms with E-state index in [2.05, 4.69) is 9.97 Å². The largest absolute Gasteiger partial charge is 0.388 e. The molecule has 0 spiro atoms. The average molecular weight is 286 g/mol. The van der Waals surface area contributed by atoms with E-state index in [1.165, 1.54) is 0 Å². The van der Waals surface area contributed by atoms with Crippen LogP contribution in [0.5, 0.6) is 0 Å². The first-order valence-electron chi connectivity index (χ1n) is 5.45. The van der Waals surface area contributed by atoms with E-state index < -0.39 is 9.84 Å². The predicted molar refractivity (Wildman–Crippen MR) is 73.4 cm³/mol. The van der Waals surface area contributed by atoms with Gasteiger partial charge in [-0.05, 0) is 12.5 Å². The Morgan fingerprint density at radius 1 is 1.61 bits per heavy atom. The Balaban J connectivity index is 2.21. The Labute approximate surface area is 111 Å². The summed E-state index contributed by atoms with van der Waals surface area (Å²) < 4.78 is 22.9. The predicted octanol–water partition coefficient (Wildman–Crippen LogP) is -0.266. The Bertz CT molecular complexity index is 573. The van der Waals surface area contributed by atoms with Crippen molar-refractivity contribution in [1.29, 1.82) is 0 Å². The van der Waals surface area contributed by atoms with Crippen LogP contribution in [0.4, 0.5) is 5.95 Å². The number of hydrogen-bond donors (Lipinski definition) is 1. The lowest BCUT2D eigenvalue weighted by molar-refractivity contribution is 0.600. The van der Waals surface area contributed by atoms with Crippen LogP contribution in [0, 0.1) is 0 Å². The number of sulfone groups is 1. The van der Waals surface area contributed by atoms with Crippen LogP contribution >= 0.6 is 12.2 Å². The van der Waals surface area contributed by atoms with E-state index >= 15 is 0 Å². The first-order valence-corrected chi connectivity index (χ1v) is 7.68. The molecule has 0 radical (unpaired) electrons. The molecule has 1 fully saturated rings. The Morgan fingerprint density at radius 3 is 2.89 bits per heavy atom. The standard InChI is InChI=1S/C10H14N4O2S2/c1-14(7-3-5-18(15,16)6-7)10-12-4-2-8(13-10)9(11)17/h2,4,7H,3,5-6H2,1H3,(H2,11,17). The van der Waals surface area contributed by atoms with E-state index in [-0.39, 0.29) is 22.5 Å². The number of nitrogens with zero attached hydrogens (tertiary/aromatic N) is 3. The second-order valence-electron chi connectivity index (χ2n) is 4.27. The van der Waals surface area contributed by atoms with Gasteiger partial charge in [-0.2, -0.15) is 0 Å². The summed E-state index contributed by atoms with van der Waals surface area (Å²) in [6.07, 6.45) is 2.16. The summed E-state index contributed by atoms with van der Waals surface area (Å²) in [5, 5.41) is 0. The molecule has 1 atom stereocenters. The van der Waals surface area contributed by atoms with E-state index in [4.69, 9.17) is 18.0 Å². The summed E-state index contributed by atoms with van der Waals surface area (Å²) in [5.41, 5.74) is 5.99. The summed E-state index contributed by atoms with van der Waals surface area (Å²) in [5.74, 6) is 0.809. The molecule has 0 saturated carbocycles. The Hall–Kier alpha value is -1.28. The van der Waals surface area contributed by atoms with E-state index in [0.717, 1.165) is 0 Å². The molecule has 6 nitrogen and oxygen atoms in total. The highest BCUT2D eigenvalue weighted by atomic mass is 32.2. The summed E-state index contributed by atoms with van der Waals surface area (Å²) >= 11 is 4.85. The van der Waals surface area contributed by atoms with Gasteiger partial charge in [0.15, 0.2) is 9.84 Å². The zero-order valence-electron chi connectivity index (χ0n) is 9.91. The third-order valence-corrected chi connectivity index (χ3v) is 4.93. The van der Waals surface area contributed by atoms with Crippen LogP contribution < -0.4 is 10.6 Å².